The lowest BCUT2D eigenvalue weighted by Gasteiger charge is -2.28. The zero-order chi connectivity index (χ0) is 41.8. The molecule has 14 heteroatoms. The molecule has 4 N–H and O–H groups in total. The maximum Gasteiger partial charge on any atom is 0.331 e. The van der Waals surface area contributed by atoms with Crippen LogP contribution in [-0.4, -0.2) is 83.8 Å². The van der Waals surface area contributed by atoms with Crippen molar-refractivity contribution in [1.29, 1.82) is 0 Å². The number of nitrogens with one attached hydrogen (secondary N) is 3. The van der Waals surface area contributed by atoms with Crippen molar-refractivity contribution >= 4 is 48.8 Å². The minimum absolute atomic E-state index is 0.0403. The number of carbonyl (C=O) groups excluding carboxylic acids is 5. The Bertz CT molecular complexity index is 1390. The maximum atomic E-state index is 13.5. The van der Waals surface area contributed by atoms with E-state index >= 15 is 0 Å². The fraction of sp³-hybridized carbons (Fsp3) is 0.725. The van der Waals surface area contributed by atoms with Crippen molar-refractivity contribution in [2.45, 2.75) is 140 Å². The standard InChI is InChI=1S/C40H70N3O9PS/c1-26(2)31(9)18-17-29(7)15-14-16-30(8)19-22-53(49,50)23-20-33(44)42-34(27(3)4)37(46)43-35(28(5)6)36(45)41-32(21-24-54-13)38(47)51-25-52-39(48)40(10,11)12/h15,19,27-28,32,34-35H,14,16-18,20-25H2,1-13H3,(H,41,45)(H,42,44)(H,43,46)(H,49,50)/b29-15-,30-19+/t32-,34-,35-/m0/s1. The molecule has 0 aliphatic heterocycles. The molecule has 0 aromatic rings. The monoisotopic (exact) mass is 799 g/mol. The summed E-state index contributed by atoms with van der Waals surface area (Å²) in [5.74, 6) is -3.35. The number of carbonyl (C=O) groups is 5. The van der Waals surface area contributed by atoms with Gasteiger partial charge >= 0.3 is 11.9 Å². The predicted octanol–water partition coefficient (Wildman–Crippen LogP) is 7.07. The Morgan fingerprint density at radius 1 is 0.778 bits per heavy atom. The zero-order valence-corrected chi connectivity index (χ0v) is 36.9. The molecule has 1 unspecified atom stereocenters. The number of thioether (sulfide) groups is 1. The Balaban J connectivity index is 5.32. The van der Waals surface area contributed by atoms with Crippen molar-refractivity contribution < 1.29 is 42.9 Å². The third kappa shape index (κ3) is 21.9. The van der Waals surface area contributed by atoms with Gasteiger partial charge < -0.3 is 30.3 Å². The van der Waals surface area contributed by atoms with Gasteiger partial charge in [-0.05, 0) is 111 Å². The van der Waals surface area contributed by atoms with Gasteiger partial charge in [-0.3, -0.25) is 23.7 Å². The number of hydrogen-bond donors (Lipinski definition) is 4. The van der Waals surface area contributed by atoms with Crippen molar-refractivity contribution in [2.75, 3.05) is 31.1 Å². The Kier molecular flexibility index (Phi) is 23.9. The highest BCUT2D eigenvalue weighted by Crippen LogP contribution is 2.41. The molecule has 12 nitrogen and oxygen atoms in total. The first-order chi connectivity index (χ1) is 24.9. The molecule has 0 bridgehead atoms. The summed E-state index contributed by atoms with van der Waals surface area (Å²) in [5.41, 5.74) is 4.30. The van der Waals surface area contributed by atoms with E-state index < -0.39 is 73.3 Å². The van der Waals surface area contributed by atoms with Gasteiger partial charge in [-0.1, -0.05) is 62.1 Å². The van der Waals surface area contributed by atoms with E-state index in [0.717, 1.165) is 31.3 Å². The Hall–Kier alpha value is -2.89. The van der Waals surface area contributed by atoms with E-state index in [1.54, 1.807) is 54.5 Å². The molecule has 310 valence electrons. The van der Waals surface area contributed by atoms with Crippen LogP contribution in [0.4, 0.5) is 0 Å². The van der Waals surface area contributed by atoms with E-state index in [1.807, 2.05) is 13.2 Å². The number of rotatable bonds is 24. The topological polar surface area (TPSA) is 177 Å². The molecular formula is C40H70N3O9PS. The number of allylic oxidation sites excluding steroid dienone is 6. The van der Waals surface area contributed by atoms with Gasteiger partial charge in [0.25, 0.3) is 0 Å². The summed E-state index contributed by atoms with van der Waals surface area (Å²) >= 11 is 1.47. The molecule has 0 heterocycles. The van der Waals surface area contributed by atoms with Crippen molar-refractivity contribution in [3.63, 3.8) is 0 Å². The molecular weight excluding hydrogens is 729 g/mol. The minimum Gasteiger partial charge on any atom is -0.427 e. The molecule has 0 saturated carbocycles. The van der Waals surface area contributed by atoms with Crippen LogP contribution in [0.15, 0.2) is 34.4 Å². The summed E-state index contributed by atoms with van der Waals surface area (Å²) in [5, 5.41) is 8.05. The first-order valence-corrected chi connectivity index (χ1v) is 22.3. The third-order valence-electron chi connectivity index (χ3n) is 8.92. The van der Waals surface area contributed by atoms with Crippen LogP contribution in [0.1, 0.15) is 122 Å². The second-order valence-corrected chi connectivity index (χ2v) is 19.5. The van der Waals surface area contributed by atoms with Gasteiger partial charge in [0, 0.05) is 18.7 Å². The largest absolute Gasteiger partial charge is 0.427 e. The lowest BCUT2D eigenvalue weighted by molar-refractivity contribution is -0.174. The van der Waals surface area contributed by atoms with Crippen molar-refractivity contribution in [3.05, 3.63) is 34.4 Å². The average Bonchev–Trinajstić information content (AvgIpc) is 3.07. The van der Waals surface area contributed by atoms with Crippen LogP contribution in [0, 0.1) is 17.3 Å². The molecule has 0 fully saturated rings. The van der Waals surface area contributed by atoms with Crippen LogP contribution in [0.2, 0.25) is 0 Å². The molecule has 0 aromatic heterocycles. The molecule has 0 rings (SSSR count). The van der Waals surface area contributed by atoms with Crippen LogP contribution in [0.25, 0.3) is 0 Å². The second kappa shape index (κ2) is 25.3. The quantitative estimate of drug-likeness (QED) is 0.0342. The van der Waals surface area contributed by atoms with Gasteiger partial charge in [0.2, 0.25) is 31.9 Å². The molecule has 0 aliphatic rings. The van der Waals surface area contributed by atoms with Crippen LogP contribution in [0.3, 0.4) is 0 Å². The molecule has 4 atom stereocenters. The second-order valence-electron chi connectivity index (χ2n) is 16.0. The van der Waals surface area contributed by atoms with E-state index in [2.05, 4.69) is 49.7 Å². The number of ether oxygens (including phenoxy) is 2. The molecule has 0 spiro atoms. The predicted molar refractivity (Wildman–Crippen MR) is 219 cm³/mol. The molecule has 0 saturated heterocycles. The Morgan fingerprint density at radius 3 is 1.87 bits per heavy atom. The van der Waals surface area contributed by atoms with Crippen LogP contribution >= 0.6 is 19.1 Å². The van der Waals surface area contributed by atoms with E-state index in [1.165, 1.54) is 28.5 Å². The SMILES string of the molecule is CSCC[C@H](NC(=O)[C@@H](NC(=O)[C@@H](NC(=O)CCP(=O)(O)C/C=C(\C)CC/C=C(/C)CCC(C)=C(C)C)C(C)C)C(C)C)C(=O)OCOC(=O)C(C)(C)C. The van der Waals surface area contributed by atoms with Crippen LogP contribution < -0.4 is 16.0 Å². The van der Waals surface area contributed by atoms with Gasteiger partial charge in [-0.2, -0.15) is 11.8 Å². The van der Waals surface area contributed by atoms with Gasteiger partial charge in [0.15, 0.2) is 0 Å². The van der Waals surface area contributed by atoms with Crippen molar-refractivity contribution in [3.8, 4) is 0 Å². The first kappa shape index (κ1) is 51.1. The lowest BCUT2D eigenvalue weighted by Crippen LogP contribution is -2.58. The number of esters is 2. The normalized spacial score (nSPS) is 15.1. The maximum absolute atomic E-state index is 13.5. The van der Waals surface area contributed by atoms with Crippen molar-refractivity contribution in [2.24, 2.45) is 17.3 Å². The summed E-state index contributed by atoms with van der Waals surface area (Å²) in [4.78, 5) is 75.3. The molecule has 54 heavy (non-hydrogen) atoms. The van der Waals surface area contributed by atoms with Crippen LogP contribution in [0.5, 0.6) is 0 Å². The highest BCUT2D eigenvalue weighted by Gasteiger charge is 2.33. The van der Waals surface area contributed by atoms with Crippen molar-refractivity contribution in [1.82, 2.24) is 16.0 Å². The average molecular weight is 800 g/mol. The first-order valence-electron chi connectivity index (χ1n) is 18.9. The van der Waals surface area contributed by atoms with Gasteiger partial charge in [0.05, 0.1) is 5.41 Å². The van der Waals surface area contributed by atoms with Crippen LogP contribution in [-0.2, 0) is 38.0 Å². The fourth-order valence-corrected chi connectivity index (χ4v) is 6.62. The highest BCUT2D eigenvalue weighted by atomic mass is 32.2. The fourth-order valence-electron chi connectivity index (χ4n) is 4.81. The third-order valence-corrected chi connectivity index (χ3v) is 11.2. The molecule has 0 radical (unpaired) electrons. The summed E-state index contributed by atoms with van der Waals surface area (Å²) in [6, 6.07) is -3.14. The number of hydrogen-bond acceptors (Lipinski definition) is 9. The summed E-state index contributed by atoms with van der Waals surface area (Å²) in [6.45, 7) is 21.8. The summed E-state index contributed by atoms with van der Waals surface area (Å²) < 4.78 is 23.1. The van der Waals surface area contributed by atoms with E-state index in [-0.39, 0.29) is 31.1 Å². The van der Waals surface area contributed by atoms with E-state index in [9.17, 15) is 33.4 Å². The number of amides is 3. The van der Waals surface area contributed by atoms with E-state index in [0.29, 0.717) is 5.75 Å². The minimum atomic E-state index is -3.65. The summed E-state index contributed by atoms with van der Waals surface area (Å²) in [7, 11) is -3.65. The zero-order valence-electron chi connectivity index (χ0n) is 35.2. The molecule has 0 aliphatic carbocycles. The lowest BCUT2D eigenvalue weighted by atomic mass is 9.98. The van der Waals surface area contributed by atoms with E-state index in [4.69, 9.17) is 9.47 Å². The Labute approximate surface area is 329 Å². The highest BCUT2D eigenvalue weighted by molar-refractivity contribution is 7.98. The Morgan fingerprint density at radius 2 is 1.33 bits per heavy atom. The molecule has 3 amide bonds. The van der Waals surface area contributed by atoms with Gasteiger partial charge in [-0.25, -0.2) is 4.79 Å². The smallest absolute Gasteiger partial charge is 0.331 e. The van der Waals surface area contributed by atoms with Gasteiger partial charge in [-0.15, -0.1) is 0 Å². The summed E-state index contributed by atoms with van der Waals surface area (Å²) in [6.07, 6.45) is 9.22. The molecule has 0 aromatic carbocycles. The van der Waals surface area contributed by atoms with Gasteiger partial charge in [0.1, 0.15) is 18.1 Å².